The molecule has 1 amide bonds. The normalized spacial score (nSPS) is 14.9. The first-order valence-electron chi connectivity index (χ1n) is 9.37. The lowest BCUT2D eigenvalue weighted by Crippen LogP contribution is -2.21. The van der Waals surface area contributed by atoms with Crippen LogP contribution >= 0.6 is 15.9 Å². The summed E-state index contributed by atoms with van der Waals surface area (Å²) >= 11 is 3.35. The van der Waals surface area contributed by atoms with Crippen molar-refractivity contribution in [2.45, 2.75) is 12.8 Å². The Bertz CT molecular complexity index is 1190. The summed E-state index contributed by atoms with van der Waals surface area (Å²) in [6.07, 6.45) is 0. The van der Waals surface area contributed by atoms with Crippen LogP contribution in [0, 0.1) is 18.3 Å². The minimum atomic E-state index is -0.401. The second-order valence-corrected chi connectivity index (χ2v) is 7.82. The predicted octanol–water partition coefficient (Wildman–Crippen LogP) is 3.72. The first-order chi connectivity index (χ1) is 15.0. The highest BCUT2D eigenvalue weighted by atomic mass is 79.9. The van der Waals surface area contributed by atoms with E-state index in [1.54, 1.807) is 24.3 Å². The lowest BCUT2D eigenvalue weighted by Gasteiger charge is -2.23. The zero-order valence-corrected chi connectivity index (χ0v) is 18.1. The lowest BCUT2D eigenvalue weighted by atomic mass is 9.84. The highest BCUT2D eigenvalue weighted by Crippen LogP contribution is 2.42. The molecule has 4 rings (SSSR count). The van der Waals surface area contributed by atoms with Crippen molar-refractivity contribution in [3.05, 3.63) is 81.3 Å². The molecule has 0 bridgehead atoms. The minimum Gasteiger partial charge on any atom is -0.484 e. The molecule has 1 atom stereocenters. The van der Waals surface area contributed by atoms with Gasteiger partial charge in [-0.2, -0.15) is 5.26 Å². The molecule has 0 aliphatic carbocycles. The Kier molecular flexibility index (Phi) is 5.64. The van der Waals surface area contributed by atoms with Crippen LogP contribution in [0.1, 0.15) is 22.7 Å². The van der Waals surface area contributed by atoms with Crippen LogP contribution in [0.4, 0.5) is 5.69 Å². The number of fused-ring (bicyclic) bond motifs is 1. The molecule has 1 aliphatic rings. The number of halogens is 1. The summed E-state index contributed by atoms with van der Waals surface area (Å²) in [7, 11) is 0. The molecule has 1 aliphatic heterocycles. The third kappa shape index (κ3) is 4.25. The number of nitrogens with zero attached hydrogens (tertiary/aromatic N) is 2. The van der Waals surface area contributed by atoms with E-state index in [4.69, 9.17) is 15.2 Å². The maximum Gasteiger partial charge on any atom is 0.262 e. The number of carbonyl (C=O) groups is 1. The molecule has 31 heavy (non-hydrogen) atoms. The Morgan fingerprint density at radius 2 is 2.00 bits per heavy atom. The number of nitrogens with one attached hydrogen (secondary N) is 2. The zero-order chi connectivity index (χ0) is 22.0. The number of hydrogen-bond donors (Lipinski definition) is 3. The fourth-order valence-corrected chi connectivity index (χ4v) is 3.63. The first kappa shape index (κ1) is 20.5. The fraction of sp³-hybridized carbons (Fsp3) is 0.136. The molecule has 2 aromatic carbocycles. The van der Waals surface area contributed by atoms with E-state index < -0.39 is 5.92 Å². The zero-order valence-electron chi connectivity index (χ0n) is 16.5. The second kappa shape index (κ2) is 8.53. The topological polar surface area (TPSA) is 126 Å². The van der Waals surface area contributed by atoms with Crippen LogP contribution in [0.25, 0.3) is 0 Å². The molecule has 4 N–H and O–H groups in total. The lowest BCUT2D eigenvalue weighted by molar-refractivity contribution is -0.118. The standard InChI is InChI=1S/C22H18BrN5O3/c1-12-19-20(17(10-24)21(25)31-22(19)28-27-12)13-2-8-16(9-3-13)30-11-18(29)26-15-6-4-14(23)5-7-15/h2-9,20H,11,25H2,1H3,(H,26,29)(H,27,28). The van der Waals surface area contributed by atoms with E-state index in [1.165, 1.54) is 0 Å². The van der Waals surface area contributed by atoms with Gasteiger partial charge >= 0.3 is 0 Å². The van der Waals surface area contributed by atoms with Gasteiger partial charge in [0.2, 0.25) is 11.8 Å². The number of H-pyrrole nitrogens is 1. The number of ether oxygens (including phenoxy) is 2. The van der Waals surface area contributed by atoms with Crippen LogP contribution in [-0.4, -0.2) is 22.7 Å². The Morgan fingerprint density at radius 1 is 1.29 bits per heavy atom. The maximum atomic E-state index is 12.1. The third-order valence-corrected chi connectivity index (χ3v) is 5.37. The average Bonchev–Trinajstić information content (AvgIpc) is 3.13. The number of aromatic amines is 1. The monoisotopic (exact) mass is 479 g/mol. The summed E-state index contributed by atoms with van der Waals surface area (Å²) in [5.41, 5.74) is 9.34. The SMILES string of the molecule is Cc1[nH]nc2c1C(c1ccc(OCC(=O)Nc3ccc(Br)cc3)cc1)C(C#N)=C(N)O2. The number of allylic oxidation sites excluding steroid dienone is 1. The van der Waals surface area contributed by atoms with Crippen molar-refractivity contribution in [2.24, 2.45) is 5.73 Å². The van der Waals surface area contributed by atoms with Crippen LogP contribution in [0.5, 0.6) is 11.6 Å². The van der Waals surface area contributed by atoms with Crippen LogP contribution < -0.4 is 20.5 Å². The number of rotatable bonds is 5. The number of amides is 1. The molecule has 2 heterocycles. The highest BCUT2D eigenvalue weighted by molar-refractivity contribution is 9.10. The summed E-state index contributed by atoms with van der Waals surface area (Å²) in [6, 6.07) is 16.6. The Morgan fingerprint density at radius 3 is 2.68 bits per heavy atom. The molecule has 0 saturated heterocycles. The second-order valence-electron chi connectivity index (χ2n) is 6.91. The van der Waals surface area contributed by atoms with E-state index in [9.17, 15) is 10.1 Å². The number of hydrogen-bond acceptors (Lipinski definition) is 6. The van der Waals surface area contributed by atoms with Crippen molar-refractivity contribution in [3.63, 3.8) is 0 Å². The van der Waals surface area contributed by atoms with Crippen LogP contribution in [0.3, 0.4) is 0 Å². The Hall–Kier alpha value is -3.77. The number of benzene rings is 2. The summed E-state index contributed by atoms with van der Waals surface area (Å²) in [5.74, 6) is 0.265. The number of aromatic nitrogens is 2. The predicted molar refractivity (Wildman–Crippen MR) is 117 cm³/mol. The van der Waals surface area contributed by atoms with Gasteiger partial charge in [0.25, 0.3) is 5.91 Å². The van der Waals surface area contributed by atoms with E-state index in [1.807, 2.05) is 31.2 Å². The van der Waals surface area contributed by atoms with Crippen LogP contribution in [0.2, 0.25) is 0 Å². The molecule has 8 nitrogen and oxygen atoms in total. The van der Waals surface area contributed by atoms with Crippen molar-refractivity contribution < 1.29 is 14.3 Å². The molecular formula is C22H18BrN5O3. The van der Waals surface area contributed by atoms with E-state index >= 15 is 0 Å². The maximum absolute atomic E-state index is 12.1. The molecule has 0 radical (unpaired) electrons. The number of anilines is 1. The first-order valence-corrected chi connectivity index (χ1v) is 10.2. The quantitative estimate of drug-likeness (QED) is 0.511. The van der Waals surface area contributed by atoms with Gasteiger partial charge in [-0.1, -0.05) is 28.1 Å². The van der Waals surface area contributed by atoms with Gasteiger partial charge in [0, 0.05) is 21.4 Å². The summed E-state index contributed by atoms with van der Waals surface area (Å²) in [4.78, 5) is 12.1. The average molecular weight is 480 g/mol. The van der Waals surface area contributed by atoms with Crippen molar-refractivity contribution in [3.8, 4) is 17.7 Å². The van der Waals surface area contributed by atoms with Gasteiger partial charge in [-0.05, 0) is 48.9 Å². The van der Waals surface area contributed by atoms with Crippen molar-refractivity contribution in [1.82, 2.24) is 10.2 Å². The molecule has 0 spiro atoms. The van der Waals surface area contributed by atoms with Crippen LogP contribution in [-0.2, 0) is 4.79 Å². The Labute approximate surface area is 186 Å². The molecule has 1 aromatic heterocycles. The summed E-state index contributed by atoms with van der Waals surface area (Å²) < 4.78 is 12.0. The molecule has 1 unspecified atom stereocenters. The molecule has 0 saturated carbocycles. The molecule has 0 fully saturated rings. The number of nitriles is 1. The number of carbonyl (C=O) groups excluding carboxylic acids is 1. The highest BCUT2D eigenvalue weighted by Gasteiger charge is 2.34. The van der Waals surface area contributed by atoms with Gasteiger partial charge < -0.3 is 20.5 Å². The minimum absolute atomic E-state index is 0.0384. The molecule has 9 heteroatoms. The number of nitrogens with two attached hydrogens (primary N) is 1. The van der Waals surface area contributed by atoms with Gasteiger partial charge in [0.1, 0.15) is 17.4 Å². The van der Waals surface area contributed by atoms with Gasteiger partial charge in [-0.15, -0.1) is 5.10 Å². The smallest absolute Gasteiger partial charge is 0.262 e. The van der Waals surface area contributed by atoms with Crippen LogP contribution in [0.15, 0.2) is 64.5 Å². The molecule has 3 aromatic rings. The summed E-state index contributed by atoms with van der Waals surface area (Å²) in [5, 5.41) is 19.4. The van der Waals surface area contributed by atoms with Gasteiger partial charge in [0.05, 0.1) is 5.92 Å². The van der Waals surface area contributed by atoms with E-state index in [0.29, 0.717) is 22.9 Å². The van der Waals surface area contributed by atoms with Gasteiger partial charge in [-0.3, -0.25) is 9.89 Å². The van der Waals surface area contributed by atoms with E-state index in [0.717, 1.165) is 21.3 Å². The van der Waals surface area contributed by atoms with Crippen molar-refractivity contribution in [2.75, 3.05) is 11.9 Å². The van der Waals surface area contributed by atoms with E-state index in [2.05, 4.69) is 37.5 Å². The largest absolute Gasteiger partial charge is 0.484 e. The van der Waals surface area contributed by atoms with Gasteiger partial charge in [-0.25, -0.2) is 0 Å². The van der Waals surface area contributed by atoms with E-state index in [-0.39, 0.29) is 18.4 Å². The molecular weight excluding hydrogens is 462 g/mol. The number of aryl methyl sites for hydroxylation is 1. The summed E-state index contributed by atoms with van der Waals surface area (Å²) in [6.45, 7) is 1.73. The van der Waals surface area contributed by atoms with Gasteiger partial charge in [0.15, 0.2) is 6.61 Å². The third-order valence-electron chi connectivity index (χ3n) is 4.84. The Balaban J connectivity index is 1.47. The fourth-order valence-electron chi connectivity index (χ4n) is 3.37. The van der Waals surface area contributed by atoms with Crippen molar-refractivity contribution >= 4 is 27.5 Å². The van der Waals surface area contributed by atoms with Crippen molar-refractivity contribution in [1.29, 1.82) is 5.26 Å². The molecule has 156 valence electrons.